The van der Waals surface area contributed by atoms with Gasteiger partial charge in [-0.05, 0) is 55.5 Å². The number of hydrogen-bond donors (Lipinski definition) is 1. The Balaban J connectivity index is 2.62. The molecular weight excluding hydrogens is 283 g/mol. The van der Waals surface area contributed by atoms with Crippen molar-refractivity contribution in [1.82, 2.24) is 5.32 Å². The number of alkyl halides is 3. The van der Waals surface area contributed by atoms with Gasteiger partial charge in [0.25, 0.3) is 0 Å². The first-order chi connectivity index (χ1) is 9.47. The van der Waals surface area contributed by atoms with E-state index in [0.717, 1.165) is 37.1 Å². The molecule has 0 fully saturated rings. The lowest BCUT2D eigenvalue weighted by atomic mass is 10.0. The minimum Gasteiger partial charge on any atom is -0.314 e. The first kappa shape index (κ1) is 17.4. The zero-order valence-corrected chi connectivity index (χ0v) is 12.8. The van der Waals surface area contributed by atoms with E-state index in [1.54, 1.807) is 23.9 Å². The number of rotatable bonds is 8. The first-order valence-corrected chi connectivity index (χ1v) is 8.25. The van der Waals surface area contributed by atoms with Crippen LogP contribution in [0, 0.1) is 0 Å². The fraction of sp³-hybridized carbons (Fsp3) is 0.600. The van der Waals surface area contributed by atoms with Crippen LogP contribution in [0.1, 0.15) is 30.9 Å². The molecule has 1 N–H and O–H groups in total. The lowest BCUT2D eigenvalue weighted by Gasteiger charge is -2.18. The molecule has 0 aromatic heterocycles. The average molecular weight is 305 g/mol. The second-order valence-corrected chi connectivity index (χ2v) is 5.82. The minimum absolute atomic E-state index is 0.333. The molecule has 0 aliphatic carbocycles. The third-order valence-electron chi connectivity index (χ3n) is 3.12. The monoisotopic (exact) mass is 305 g/mol. The molecule has 1 aromatic carbocycles. The first-order valence-electron chi connectivity index (χ1n) is 6.85. The highest BCUT2D eigenvalue weighted by Crippen LogP contribution is 2.29. The van der Waals surface area contributed by atoms with Gasteiger partial charge in [-0.1, -0.05) is 19.1 Å². The molecule has 0 aliphatic heterocycles. The summed E-state index contributed by atoms with van der Waals surface area (Å²) in [5.41, 5.74) is 0.371. The third kappa shape index (κ3) is 6.18. The fourth-order valence-electron chi connectivity index (χ4n) is 2.00. The van der Waals surface area contributed by atoms with Crippen LogP contribution < -0.4 is 5.32 Å². The van der Waals surface area contributed by atoms with Crippen molar-refractivity contribution in [2.45, 2.75) is 38.4 Å². The zero-order chi connectivity index (χ0) is 15.0. The minimum atomic E-state index is -4.25. The topological polar surface area (TPSA) is 12.0 Å². The van der Waals surface area contributed by atoms with E-state index in [1.807, 2.05) is 0 Å². The van der Waals surface area contributed by atoms with Crippen LogP contribution >= 0.6 is 11.8 Å². The van der Waals surface area contributed by atoms with Crippen molar-refractivity contribution in [3.63, 3.8) is 0 Å². The number of thioether (sulfide) groups is 1. The molecule has 0 radical (unpaired) electrons. The number of benzene rings is 1. The highest BCUT2D eigenvalue weighted by Gasteiger charge is 2.29. The molecule has 0 saturated heterocycles. The molecular formula is C15H22F3NS. The van der Waals surface area contributed by atoms with Gasteiger partial charge in [-0.2, -0.15) is 24.9 Å². The van der Waals surface area contributed by atoms with Crippen LogP contribution in [0.25, 0.3) is 0 Å². The maximum Gasteiger partial charge on any atom is 0.416 e. The summed E-state index contributed by atoms with van der Waals surface area (Å²) in [6.45, 7) is 3.05. The predicted molar refractivity (Wildman–Crippen MR) is 80.2 cm³/mol. The Morgan fingerprint density at radius 1 is 1.20 bits per heavy atom. The van der Waals surface area contributed by atoms with Gasteiger partial charge in [0.2, 0.25) is 0 Å². The number of hydrogen-bond acceptors (Lipinski definition) is 2. The van der Waals surface area contributed by atoms with E-state index in [1.165, 1.54) is 12.1 Å². The quantitative estimate of drug-likeness (QED) is 0.765. The van der Waals surface area contributed by atoms with Crippen molar-refractivity contribution in [2.75, 3.05) is 18.6 Å². The molecule has 0 spiro atoms. The molecule has 0 heterocycles. The second-order valence-electron chi connectivity index (χ2n) is 4.83. The molecule has 0 saturated carbocycles. The van der Waals surface area contributed by atoms with Crippen LogP contribution in [-0.2, 0) is 12.6 Å². The largest absolute Gasteiger partial charge is 0.416 e. The molecule has 5 heteroatoms. The summed E-state index contributed by atoms with van der Waals surface area (Å²) in [6, 6.07) is 5.84. The standard InChI is InChI=1S/C15H22F3NS/c1-3-9-19-14(8-10-20-2)11-12-4-6-13(7-5-12)15(16,17)18/h4-7,14,19H,3,8-11H2,1-2H3. The zero-order valence-electron chi connectivity index (χ0n) is 12.0. The van der Waals surface area contributed by atoms with Crippen molar-refractivity contribution in [1.29, 1.82) is 0 Å². The van der Waals surface area contributed by atoms with E-state index in [0.29, 0.717) is 6.04 Å². The van der Waals surface area contributed by atoms with E-state index in [-0.39, 0.29) is 0 Å². The Hall–Kier alpha value is -0.680. The molecule has 0 bridgehead atoms. The number of nitrogens with one attached hydrogen (secondary N) is 1. The van der Waals surface area contributed by atoms with Crippen LogP contribution in [-0.4, -0.2) is 24.6 Å². The van der Waals surface area contributed by atoms with Crippen molar-refractivity contribution in [2.24, 2.45) is 0 Å². The highest BCUT2D eigenvalue weighted by molar-refractivity contribution is 7.98. The Bertz CT molecular complexity index is 368. The lowest BCUT2D eigenvalue weighted by molar-refractivity contribution is -0.137. The van der Waals surface area contributed by atoms with Crippen LogP contribution in [0.4, 0.5) is 13.2 Å². The van der Waals surface area contributed by atoms with E-state index < -0.39 is 11.7 Å². The van der Waals surface area contributed by atoms with Crippen molar-refractivity contribution in [3.8, 4) is 0 Å². The Morgan fingerprint density at radius 3 is 2.35 bits per heavy atom. The van der Waals surface area contributed by atoms with Crippen LogP contribution in [0.3, 0.4) is 0 Å². The summed E-state index contributed by atoms with van der Waals surface area (Å²) in [4.78, 5) is 0. The van der Waals surface area contributed by atoms with Crippen LogP contribution in [0.5, 0.6) is 0 Å². The third-order valence-corrected chi connectivity index (χ3v) is 3.76. The summed E-state index contributed by atoms with van der Waals surface area (Å²) in [7, 11) is 0. The molecule has 114 valence electrons. The molecule has 0 aliphatic rings. The Morgan fingerprint density at radius 2 is 1.85 bits per heavy atom. The lowest BCUT2D eigenvalue weighted by Crippen LogP contribution is -2.32. The van der Waals surface area contributed by atoms with Gasteiger partial charge in [-0.15, -0.1) is 0 Å². The normalized spacial score (nSPS) is 13.4. The maximum absolute atomic E-state index is 12.5. The molecule has 20 heavy (non-hydrogen) atoms. The second kappa shape index (κ2) is 8.57. The summed E-state index contributed by atoms with van der Waals surface area (Å²) in [5, 5.41) is 3.46. The summed E-state index contributed by atoms with van der Waals surface area (Å²) < 4.78 is 37.5. The van der Waals surface area contributed by atoms with Gasteiger partial charge in [-0.25, -0.2) is 0 Å². The van der Waals surface area contributed by atoms with Gasteiger partial charge < -0.3 is 5.32 Å². The van der Waals surface area contributed by atoms with E-state index in [2.05, 4.69) is 18.5 Å². The molecule has 1 rings (SSSR count). The summed E-state index contributed by atoms with van der Waals surface area (Å²) in [5.74, 6) is 1.06. The van der Waals surface area contributed by atoms with E-state index >= 15 is 0 Å². The Labute approximate surface area is 123 Å². The van der Waals surface area contributed by atoms with Gasteiger partial charge in [0, 0.05) is 6.04 Å². The van der Waals surface area contributed by atoms with Crippen molar-refractivity contribution < 1.29 is 13.2 Å². The molecule has 1 nitrogen and oxygen atoms in total. The highest BCUT2D eigenvalue weighted by atomic mass is 32.2. The molecule has 1 aromatic rings. The molecule has 0 amide bonds. The van der Waals surface area contributed by atoms with Crippen LogP contribution in [0.15, 0.2) is 24.3 Å². The summed E-state index contributed by atoms with van der Waals surface area (Å²) >= 11 is 1.79. The predicted octanol–water partition coefficient (Wildman–Crippen LogP) is 4.37. The smallest absolute Gasteiger partial charge is 0.314 e. The number of halogens is 3. The van der Waals surface area contributed by atoms with E-state index in [9.17, 15) is 13.2 Å². The van der Waals surface area contributed by atoms with Gasteiger partial charge in [0.05, 0.1) is 5.56 Å². The van der Waals surface area contributed by atoms with Crippen molar-refractivity contribution >= 4 is 11.8 Å². The van der Waals surface area contributed by atoms with E-state index in [4.69, 9.17) is 0 Å². The fourth-order valence-corrected chi connectivity index (χ4v) is 2.52. The van der Waals surface area contributed by atoms with Crippen molar-refractivity contribution in [3.05, 3.63) is 35.4 Å². The average Bonchev–Trinajstić information content (AvgIpc) is 2.41. The van der Waals surface area contributed by atoms with Gasteiger partial charge in [0.15, 0.2) is 0 Å². The van der Waals surface area contributed by atoms with Crippen LogP contribution in [0.2, 0.25) is 0 Å². The SMILES string of the molecule is CCCNC(CCSC)Cc1ccc(C(F)(F)F)cc1. The Kier molecular flexibility index (Phi) is 7.45. The maximum atomic E-state index is 12.5. The van der Waals surface area contributed by atoms with Gasteiger partial charge in [0.1, 0.15) is 0 Å². The molecule has 1 unspecified atom stereocenters. The summed E-state index contributed by atoms with van der Waals surface area (Å²) in [6.07, 6.45) is 0.677. The molecule has 1 atom stereocenters. The van der Waals surface area contributed by atoms with Gasteiger partial charge in [-0.3, -0.25) is 0 Å². The van der Waals surface area contributed by atoms with Gasteiger partial charge >= 0.3 is 6.18 Å².